The molecule has 1 aliphatic heterocycles. The van der Waals surface area contributed by atoms with Crippen molar-refractivity contribution in [1.82, 2.24) is 10.6 Å². The molecule has 9 nitrogen and oxygen atoms in total. The molecule has 3 rings (SSSR count). The second kappa shape index (κ2) is 15.8. The Kier molecular flexibility index (Phi) is 12.8. The normalized spacial score (nSPS) is 19.1. The van der Waals surface area contributed by atoms with E-state index in [1.165, 1.54) is 16.7 Å². The maximum Gasteiger partial charge on any atom is 0.245 e. The van der Waals surface area contributed by atoms with Gasteiger partial charge >= 0.3 is 0 Å². The number of aryl methyl sites for hydroxylation is 2. The maximum absolute atomic E-state index is 13.2. The third-order valence-corrected chi connectivity index (χ3v) is 8.72. The Morgan fingerprint density at radius 1 is 1.04 bits per heavy atom. The predicted octanol–water partition coefficient (Wildman–Crippen LogP) is 4.91. The number of rotatable bonds is 14. The van der Waals surface area contributed by atoms with Crippen LogP contribution in [-0.2, 0) is 27.2 Å². The van der Waals surface area contributed by atoms with Gasteiger partial charge in [0.05, 0.1) is 37.4 Å². The molecule has 1 aliphatic rings. The summed E-state index contributed by atoms with van der Waals surface area (Å²) in [4.78, 5) is 26.0. The second-order valence-corrected chi connectivity index (χ2v) is 14.8. The van der Waals surface area contributed by atoms with Gasteiger partial charge in [-0.05, 0) is 101 Å². The Morgan fingerprint density at radius 3 is 2.34 bits per heavy atom. The van der Waals surface area contributed by atoms with Crippen molar-refractivity contribution < 1.29 is 29.3 Å². The van der Waals surface area contributed by atoms with E-state index in [0.717, 1.165) is 35.3 Å². The third kappa shape index (κ3) is 10.6. The van der Waals surface area contributed by atoms with Gasteiger partial charge in [-0.2, -0.15) is 0 Å². The summed E-state index contributed by atoms with van der Waals surface area (Å²) in [6, 6.07) is 10.5. The molecule has 260 valence electrons. The number of aliphatic hydroxyl groups is 2. The number of carbonyl (C=O) groups excluding carboxylic acids is 2. The van der Waals surface area contributed by atoms with Crippen LogP contribution in [0.5, 0.6) is 5.75 Å². The first-order valence-corrected chi connectivity index (χ1v) is 16.7. The number of hydrogen-bond donors (Lipinski definition) is 5. The van der Waals surface area contributed by atoms with E-state index in [4.69, 9.17) is 15.2 Å². The number of nitrogens with two attached hydrogens (primary N) is 1. The van der Waals surface area contributed by atoms with Gasteiger partial charge in [-0.1, -0.05) is 43.7 Å². The van der Waals surface area contributed by atoms with Gasteiger partial charge in [-0.15, -0.1) is 0 Å². The van der Waals surface area contributed by atoms with Crippen LogP contribution in [0.25, 0.3) is 6.08 Å². The van der Waals surface area contributed by atoms with E-state index in [2.05, 4.69) is 54.8 Å². The van der Waals surface area contributed by atoms with Crippen LogP contribution in [-0.4, -0.2) is 65.6 Å². The molecule has 2 aromatic rings. The highest BCUT2D eigenvalue weighted by Gasteiger charge is 2.35. The summed E-state index contributed by atoms with van der Waals surface area (Å²) in [7, 11) is 1.65. The largest absolute Gasteiger partial charge is 0.496 e. The fourth-order valence-corrected chi connectivity index (χ4v) is 5.73. The molecule has 47 heavy (non-hydrogen) atoms. The van der Waals surface area contributed by atoms with Crippen LogP contribution in [0.3, 0.4) is 0 Å². The molecule has 1 fully saturated rings. The van der Waals surface area contributed by atoms with Gasteiger partial charge in [0.1, 0.15) is 11.3 Å². The van der Waals surface area contributed by atoms with Crippen LogP contribution in [0.2, 0.25) is 0 Å². The number of carbonyl (C=O) groups is 2. The zero-order valence-corrected chi connectivity index (χ0v) is 29.8. The molecule has 0 aromatic heterocycles. The number of nitrogens with one attached hydrogen (secondary N) is 2. The highest BCUT2D eigenvalue weighted by molar-refractivity contribution is 5.93. The van der Waals surface area contributed by atoms with Crippen molar-refractivity contribution in [2.75, 3.05) is 20.3 Å². The lowest BCUT2D eigenvalue weighted by Crippen LogP contribution is -2.59. The topological polar surface area (TPSA) is 143 Å². The van der Waals surface area contributed by atoms with Gasteiger partial charge in [0.25, 0.3) is 0 Å². The van der Waals surface area contributed by atoms with Crippen molar-refractivity contribution in [3.63, 3.8) is 0 Å². The molecular weight excluding hydrogens is 594 g/mol. The molecule has 9 heteroatoms. The number of methoxy groups -OCH3 is 1. The zero-order valence-electron chi connectivity index (χ0n) is 29.8. The van der Waals surface area contributed by atoms with E-state index < -0.39 is 28.7 Å². The highest BCUT2D eigenvalue weighted by atomic mass is 16.5. The first-order chi connectivity index (χ1) is 21.9. The molecular formula is C38H57N3O6. The Labute approximate surface area is 281 Å². The van der Waals surface area contributed by atoms with Gasteiger partial charge in [0.15, 0.2) is 0 Å². The summed E-state index contributed by atoms with van der Waals surface area (Å²) in [5, 5.41) is 25.9. The highest BCUT2D eigenvalue weighted by Crippen LogP contribution is 2.39. The number of aliphatic hydroxyl groups excluding tert-OH is 2. The van der Waals surface area contributed by atoms with Gasteiger partial charge in [-0.25, -0.2) is 0 Å². The number of benzene rings is 2. The molecule has 3 atom stereocenters. The van der Waals surface area contributed by atoms with Crippen LogP contribution in [0.15, 0.2) is 36.4 Å². The minimum Gasteiger partial charge on any atom is -0.496 e. The quantitative estimate of drug-likeness (QED) is 0.195. The van der Waals surface area contributed by atoms with E-state index in [9.17, 15) is 19.8 Å². The molecule has 0 bridgehead atoms. The zero-order chi connectivity index (χ0) is 35.2. The van der Waals surface area contributed by atoms with Crippen molar-refractivity contribution in [1.29, 1.82) is 0 Å². The van der Waals surface area contributed by atoms with Crippen molar-refractivity contribution in [2.45, 2.75) is 117 Å². The standard InChI is InChI=1S/C38H57N3O6/c1-10-11-27-19-32(46-9)31(33-21-29(43)20-30(22-42)47-33)18-28(27)17-26-13-12-25(16-24(26)2)14-15-36(3,4)34(44)41-38(7,8)35(45)40-23-37(5,6)39/h12-16,18-19,29-30,33,42-43H,10-11,17,20-23,39H2,1-9H3,(H,40,45)(H,41,44)/b15-14+/t29-,30-,33+/m0/s1. The van der Waals surface area contributed by atoms with E-state index in [0.29, 0.717) is 25.8 Å². The molecule has 0 aliphatic carbocycles. The predicted molar refractivity (Wildman–Crippen MR) is 187 cm³/mol. The molecule has 6 N–H and O–H groups in total. The summed E-state index contributed by atoms with van der Waals surface area (Å²) < 4.78 is 11.9. The lowest BCUT2D eigenvalue weighted by Gasteiger charge is -2.33. The number of hydrogen-bond acceptors (Lipinski definition) is 7. The van der Waals surface area contributed by atoms with Gasteiger partial charge in [0, 0.05) is 30.5 Å². The van der Waals surface area contributed by atoms with E-state index in [-0.39, 0.29) is 24.5 Å². The van der Waals surface area contributed by atoms with E-state index in [1.807, 2.05) is 39.8 Å². The van der Waals surface area contributed by atoms with E-state index in [1.54, 1.807) is 21.0 Å². The SMILES string of the molecule is CCCc1cc(OC)c([C@H]2C[C@@H](O)C[C@@H](CO)O2)cc1Cc1ccc(/C=C/C(C)(C)C(=O)NC(C)(C)C(=O)NCC(C)(C)N)cc1C. The van der Waals surface area contributed by atoms with Crippen LogP contribution >= 0.6 is 0 Å². The fourth-order valence-electron chi connectivity index (χ4n) is 5.73. The first kappa shape index (κ1) is 38.2. The second-order valence-electron chi connectivity index (χ2n) is 14.8. The first-order valence-electron chi connectivity index (χ1n) is 16.7. The molecule has 1 saturated heterocycles. The molecule has 1 heterocycles. The van der Waals surface area contributed by atoms with Crippen molar-refractivity contribution in [2.24, 2.45) is 11.1 Å². The average molecular weight is 652 g/mol. The number of ether oxygens (including phenoxy) is 2. The fraction of sp³-hybridized carbons (Fsp3) is 0.579. The lowest BCUT2D eigenvalue weighted by atomic mass is 9.88. The third-order valence-electron chi connectivity index (χ3n) is 8.72. The van der Waals surface area contributed by atoms with Gasteiger partial charge in [0.2, 0.25) is 11.8 Å². The average Bonchev–Trinajstić information content (AvgIpc) is 2.99. The molecule has 0 radical (unpaired) electrons. The summed E-state index contributed by atoms with van der Waals surface area (Å²) >= 11 is 0. The van der Waals surface area contributed by atoms with Gasteiger partial charge in [-0.3, -0.25) is 9.59 Å². The van der Waals surface area contributed by atoms with Crippen LogP contribution < -0.4 is 21.1 Å². The molecule has 0 unspecified atom stereocenters. The minimum atomic E-state index is -1.10. The van der Waals surface area contributed by atoms with Crippen molar-refractivity contribution >= 4 is 17.9 Å². The Morgan fingerprint density at radius 2 is 1.74 bits per heavy atom. The molecule has 0 spiro atoms. The Hall–Kier alpha value is -3.24. The smallest absolute Gasteiger partial charge is 0.245 e. The van der Waals surface area contributed by atoms with Gasteiger partial charge < -0.3 is 36.1 Å². The van der Waals surface area contributed by atoms with Crippen LogP contribution in [0.1, 0.15) is 107 Å². The van der Waals surface area contributed by atoms with Crippen LogP contribution in [0.4, 0.5) is 0 Å². The summed E-state index contributed by atoms with van der Waals surface area (Å²) in [5.74, 6) is 0.188. The molecule has 2 amide bonds. The maximum atomic E-state index is 13.2. The van der Waals surface area contributed by atoms with Crippen molar-refractivity contribution in [3.05, 3.63) is 69.8 Å². The monoisotopic (exact) mass is 651 g/mol. The Bertz CT molecular complexity index is 1430. The summed E-state index contributed by atoms with van der Waals surface area (Å²) in [6.07, 6.45) is 5.95. The number of amides is 2. The van der Waals surface area contributed by atoms with Crippen LogP contribution in [0, 0.1) is 12.3 Å². The van der Waals surface area contributed by atoms with E-state index >= 15 is 0 Å². The molecule has 2 aromatic carbocycles. The lowest BCUT2D eigenvalue weighted by molar-refractivity contribution is -0.135. The Balaban J connectivity index is 1.80. The minimum absolute atomic E-state index is 0.137. The van der Waals surface area contributed by atoms with Crippen molar-refractivity contribution in [3.8, 4) is 5.75 Å². The molecule has 0 saturated carbocycles. The summed E-state index contributed by atoms with van der Waals surface area (Å²) in [6.45, 7) is 15.1. The summed E-state index contributed by atoms with van der Waals surface area (Å²) in [5.41, 5.74) is 10.0.